The van der Waals surface area contributed by atoms with Crippen LogP contribution in [0.15, 0.2) is 12.2 Å². The maximum Gasteiger partial charge on any atom is 0.343 e. The highest BCUT2D eigenvalue weighted by molar-refractivity contribution is 5.93. The lowest BCUT2D eigenvalue weighted by atomic mass is 10.4. The van der Waals surface area contributed by atoms with Crippen LogP contribution in [0.4, 0.5) is 0 Å². The van der Waals surface area contributed by atoms with Crippen molar-refractivity contribution >= 4 is 11.9 Å². The monoisotopic (exact) mass is 167 g/mol. The van der Waals surface area contributed by atoms with Gasteiger partial charge in [-0.2, -0.15) is 5.26 Å². The number of carbonyl (C=O) groups excluding carboxylic acids is 2. The summed E-state index contributed by atoms with van der Waals surface area (Å²) in [6.45, 7) is 1.19. The van der Waals surface area contributed by atoms with Crippen LogP contribution in [0.25, 0.3) is 0 Å². The fourth-order valence-corrected chi connectivity index (χ4v) is 0.655. The molecular weight excluding hydrogens is 162 g/mol. The number of cyclic esters (lactones) is 2. The smallest absolute Gasteiger partial charge is 0.343 e. The number of nitriles is 1. The summed E-state index contributed by atoms with van der Waals surface area (Å²) >= 11 is 0. The second-order valence-corrected chi connectivity index (χ2v) is 2.23. The van der Waals surface area contributed by atoms with Crippen LogP contribution in [0.5, 0.6) is 0 Å². The Hall–Kier alpha value is -1.83. The van der Waals surface area contributed by atoms with Crippen LogP contribution in [0.1, 0.15) is 6.92 Å². The highest BCUT2D eigenvalue weighted by atomic mass is 16.7. The van der Waals surface area contributed by atoms with Crippen molar-refractivity contribution in [1.29, 1.82) is 5.26 Å². The van der Waals surface area contributed by atoms with E-state index >= 15 is 0 Å². The third kappa shape index (κ3) is 1.61. The lowest BCUT2D eigenvalue weighted by molar-refractivity contribution is -0.194. The second-order valence-electron chi connectivity index (χ2n) is 2.23. The fraction of sp³-hybridized carbons (Fsp3) is 0.286. The van der Waals surface area contributed by atoms with Gasteiger partial charge in [-0.25, -0.2) is 9.59 Å². The van der Waals surface area contributed by atoms with Gasteiger partial charge < -0.3 is 9.47 Å². The first-order chi connectivity index (χ1) is 5.56. The summed E-state index contributed by atoms with van der Waals surface area (Å²) in [5, 5.41) is 8.48. The molecule has 1 heterocycles. The van der Waals surface area contributed by atoms with Crippen molar-refractivity contribution in [1.82, 2.24) is 0 Å². The van der Waals surface area contributed by atoms with Crippen LogP contribution >= 0.6 is 0 Å². The van der Waals surface area contributed by atoms with Gasteiger partial charge in [-0.05, 0) is 0 Å². The second kappa shape index (κ2) is 2.66. The molecule has 5 nitrogen and oxygen atoms in total. The number of esters is 2. The summed E-state index contributed by atoms with van der Waals surface area (Å²) in [6.07, 6.45) is 1.82. The van der Waals surface area contributed by atoms with E-state index in [0.29, 0.717) is 0 Å². The molecule has 0 aromatic rings. The highest BCUT2D eigenvalue weighted by Crippen LogP contribution is 2.14. The summed E-state index contributed by atoms with van der Waals surface area (Å²) in [5.41, 5.74) is 0. The maximum absolute atomic E-state index is 10.7. The van der Waals surface area contributed by atoms with Gasteiger partial charge in [-0.3, -0.25) is 0 Å². The van der Waals surface area contributed by atoms with E-state index in [9.17, 15) is 9.59 Å². The molecule has 1 aliphatic rings. The SMILES string of the molecule is CC1(C#N)OC(=O)C=CC(=O)O1. The van der Waals surface area contributed by atoms with Gasteiger partial charge in [0.25, 0.3) is 0 Å². The predicted molar refractivity (Wildman–Crippen MR) is 35.3 cm³/mol. The zero-order valence-corrected chi connectivity index (χ0v) is 6.23. The fourth-order valence-electron chi connectivity index (χ4n) is 0.655. The number of hydrogen-bond acceptors (Lipinski definition) is 5. The number of hydrogen-bond donors (Lipinski definition) is 0. The Morgan fingerprint density at radius 2 is 1.75 bits per heavy atom. The van der Waals surface area contributed by atoms with Crippen LogP contribution in [-0.4, -0.2) is 17.7 Å². The first-order valence-electron chi connectivity index (χ1n) is 3.11. The molecule has 0 bridgehead atoms. The molecule has 0 aliphatic carbocycles. The largest absolute Gasteiger partial charge is 0.406 e. The van der Waals surface area contributed by atoms with Crippen molar-refractivity contribution in [2.75, 3.05) is 0 Å². The topological polar surface area (TPSA) is 76.4 Å². The Morgan fingerprint density at radius 1 is 1.33 bits per heavy atom. The molecule has 62 valence electrons. The molecule has 0 aromatic heterocycles. The lowest BCUT2D eigenvalue weighted by Crippen LogP contribution is -2.32. The third-order valence-electron chi connectivity index (χ3n) is 1.15. The summed E-state index contributed by atoms with van der Waals surface area (Å²) < 4.78 is 8.98. The van der Waals surface area contributed by atoms with E-state index < -0.39 is 17.7 Å². The van der Waals surface area contributed by atoms with Gasteiger partial charge in [0.15, 0.2) is 6.07 Å². The number of nitrogens with zero attached hydrogens (tertiary/aromatic N) is 1. The molecule has 0 atom stereocenters. The predicted octanol–water partition coefficient (Wildman–Crippen LogP) is -0.118. The van der Waals surface area contributed by atoms with Crippen molar-refractivity contribution in [2.45, 2.75) is 12.7 Å². The normalized spacial score (nSPS) is 20.3. The standard InChI is InChI=1S/C7H5NO4/c1-7(4-8)11-5(9)2-3-6(10)12-7/h2-3H,1H3. The van der Waals surface area contributed by atoms with E-state index in [-0.39, 0.29) is 0 Å². The van der Waals surface area contributed by atoms with Crippen LogP contribution < -0.4 is 0 Å². The van der Waals surface area contributed by atoms with Crippen LogP contribution in [0, 0.1) is 11.3 Å². The minimum atomic E-state index is -1.81. The molecule has 0 radical (unpaired) electrons. The molecule has 0 saturated heterocycles. The number of rotatable bonds is 0. The Balaban J connectivity index is 2.93. The van der Waals surface area contributed by atoms with Gasteiger partial charge in [-0.1, -0.05) is 0 Å². The molecule has 5 heteroatoms. The van der Waals surface area contributed by atoms with Crippen LogP contribution in [-0.2, 0) is 19.1 Å². The van der Waals surface area contributed by atoms with Gasteiger partial charge in [0.05, 0.1) is 0 Å². The van der Waals surface area contributed by atoms with Gasteiger partial charge in [0.2, 0.25) is 0 Å². The zero-order valence-electron chi connectivity index (χ0n) is 6.23. The number of ether oxygens (including phenoxy) is 2. The van der Waals surface area contributed by atoms with E-state index in [1.165, 1.54) is 6.92 Å². The maximum atomic E-state index is 10.7. The summed E-state index contributed by atoms with van der Waals surface area (Å²) in [4.78, 5) is 21.4. The number of carbonyl (C=O) groups is 2. The Bertz CT molecular complexity index is 279. The molecule has 0 spiro atoms. The summed E-state index contributed by atoms with van der Waals surface area (Å²) in [7, 11) is 0. The molecule has 0 aromatic carbocycles. The van der Waals surface area contributed by atoms with Crippen molar-refractivity contribution in [3.8, 4) is 6.07 Å². The van der Waals surface area contributed by atoms with E-state index in [4.69, 9.17) is 5.26 Å². The molecule has 0 unspecified atom stereocenters. The van der Waals surface area contributed by atoms with Gasteiger partial charge in [-0.15, -0.1) is 0 Å². The molecular formula is C7H5NO4. The molecule has 1 aliphatic heterocycles. The zero-order chi connectivity index (χ0) is 9.19. The molecule has 0 N–H and O–H groups in total. The summed E-state index contributed by atoms with van der Waals surface area (Å²) in [5.74, 6) is -3.35. The first kappa shape index (κ1) is 8.27. The van der Waals surface area contributed by atoms with Crippen molar-refractivity contribution in [3.05, 3.63) is 12.2 Å². The van der Waals surface area contributed by atoms with Gasteiger partial charge >= 0.3 is 17.7 Å². The molecule has 0 saturated carbocycles. The molecule has 0 amide bonds. The van der Waals surface area contributed by atoms with E-state index in [1.807, 2.05) is 0 Å². The minimum Gasteiger partial charge on any atom is -0.406 e. The highest BCUT2D eigenvalue weighted by Gasteiger charge is 2.34. The Morgan fingerprint density at radius 3 is 2.08 bits per heavy atom. The molecule has 1 rings (SSSR count). The summed E-state index contributed by atoms with van der Waals surface area (Å²) in [6, 6.07) is 1.56. The Labute approximate surface area is 68.2 Å². The van der Waals surface area contributed by atoms with Crippen molar-refractivity contribution < 1.29 is 19.1 Å². The van der Waals surface area contributed by atoms with Crippen molar-refractivity contribution in [3.63, 3.8) is 0 Å². The van der Waals surface area contributed by atoms with Gasteiger partial charge in [0, 0.05) is 19.1 Å². The lowest BCUT2D eigenvalue weighted by Gasteiger charge is -2.17. The third-order valence-corrected chi connectivity index (χ3v) is 1.15. The van der Waals surface area contributed by atoms with Gasteiger partial charge in [0.1, 0.15) is 0 Å². The van der Waals surface area contributed by atoms with E-state index in [2.05, 4.69) is 9.47 Å². The quantitative estimate of drug-likeness (QED) is 0.470. The molecule has 0 fully saturated rings. The average Bonchev–Trinajstić information content (AvgIpc) is 2.11. The van der Waals surface area contributed by atoms with E-state index in [1.54, 1.807) is 6.07 Å². The average molecular weight is 167 g/mol. The first-order valence-corrected chi connectivity index (χ1v) is 3.11. The van der Waals surface area contributed by atoms with E-state index in [0.717, 1.165) is 12.2 Å². The van der Waals surface area contributed by atoms with Crippen molar-refractivity contribution in [2.24, 2.45) is 0 Å². The Kier molecular flexibility index (Phi) is 1.83. The molecule has 12 heavy (non-hydrogen) atoms. The van der Waals surface area contributed by atoms with Crippen LogP contribution in [0.3, 0.4) is 0 Å². The minimum absolute atomic E-state index is 0.773. The van der Waals surface area contributed by atoms with Crippen LogP contribution in [0.2, 0.25) is 0 Å².